The second-order valence-electron chi connectivity index (χ2n) is 9.49. The number of hydrogen-bond donors (Lipinski definition) is 5. The predicted octanol–water partition coefficient (Wildman–Crippen LogP) is 1.66. The van der Waals surface area contributed by atoms with Crippen molar-refractivity contribution in [2.24, 2.45) is 21.8 Å². The molecular formula is C26H32N6O6S. The number of nitrogens with two attached hydrogens (primary N) is 2. The van der Waals surface area contributed by atoms with Crippen LogP contribution < -0.4 is 20.9 Å². The summed E-state index contributed by atoms with van der Waals surface area (Å²) in [6.45, 7) is 1.68. The molecule has 0 bridgehead atoms. The third-order valence-electron chi connectivity index (χ3n) is 6.69. The first-order chi connectivity index (χ1) is 18.5. The van der Waals surface area contributed by atoms with Crippen molar-refractivity contribution in [1.29, 1.82) is 0 Å². The number of nitrogens with one attached hydrogen (secondary N) is 1. The number of hydrogen-bond acceptors (Lipinski definition) is 8. The summed E-state index contributed by atoms with van der Waals surface area (Å²) in [6.07, 6.45) is 1.51. The lowest BCUT2D eigenvalue weighted by molar-refractivity contribution is -0.0934. The zero-order chi connectivity index (χ0) is 28.3. The molecule has 1 fully saturated rings. The number of nitrogens with zero attached hydrogens (tertiary/aromatic N) is 3. The van der Waals surface area contributed by atoms with Crippen molar-refractivity contribution in [3.8, 4) is 11.4 Å². The van der Waals surface area contributed by atoms with Gasteiger partial charge in [-0.2, -0.15) is 5.10 Å². The Labute approximate surface area is 226 Å². The average Bonchev–Trinajstić information content (AvgIpc) is 3.30. The lowest BCUT2D eigenvalue weighted by Gasteiger charge is -2.27. The van der Waals surface area contributed by atoms with Gasteiger partial charge in [0.2, 0.25) is 10.0 Å². The second kappa shape index (κ2) is 11.5. The van der Waals surface area contributed by atoms with E-state index in [4.69, 9.17) is 15.6 Å². The van der Waals surface area contributed by atoms with Gasteiger partial charge < -0.3 is 26.0 Å². The van der Waals surface area contributed by atoms with Crippen LogP contribution in [-0.2, 0) is 10.0 Å². The normalized spacial score (nSPS) is 18.3. The number of aliphatic hydroxyl groups is 2. The van der Waals surface area contributed by atoms with Crippen molar-refractivity contribution in [3.05, 3.63) is 65.5 Å². The Morgan fingerprint density at radius 2 is 1.79 bits per heavy atom. The van der Waals surface area contributed by atoms with Crippen LogP contribution in [0.2, 0.25) is 0 Å². The summed E-state index contributed by atoms with van der Waals surface area (Å²) in [7, 11) is -2.75. The van der Waals surface area contributed by atoms with Crippen molar-refractivity contribution in [2.75, 3.05) is 12.4 Å². The van der Waals surface area contributed by atoms with E-state index in [0.717, 1.165) is 12.8 Å². The Morgan fingerprint density at radius 3 is 2.38 bits per heavy atom. The van der Waals surface area contributed by atoms with E-state index in [-0.39, 0.29) is 34.0 Å². The minimum absolute atomic E-state index is 0.0167. The van der Waals surface area contributed by atoms with E-state index in [0.29, 0.717) is 35.6 Å². The Bertz CT molecular complexity index is 1480. The first kappa shape index (κ1) is 28.2. The van der Waals surface area contributed by atoms with Crippen molar-refractivity contribution < 1.29 is 28.2 Å². The van der Waals surface area contributed by atoms with E-state index < -0.39 is 22.2 Å². The maximum Gasteiger partial charge on any atom is 0.274 e. The van der Waals surface area contributed by atoms with Crippen molar-refractivity contribution in [3.63, 3.8) is 0 Å². The summed E-state index contributed by atoms with van der Waals surface area (Å²) in [5.41, 5.74) is 8.10. The summed E-state index contributed by atoms with van der Waals surface area (Å²) in [4.78, 5) is 17.6. The third-order valence-corrected chi connectivity index (χ3v) is 7.63. The zero-order valence-electron chi connectivity index (χ0n) is 21.6. The standard InChI is InChI=1S/C26H32N6O6S/c1-15-13-22(32(31-15)21-12-11-20(38-2)14-23(21)39(28,36)37)25(33)30-19-7-3-16(4-8-19)24(27)29-18-9-5-17(6-10-18)26(34)35/h3-4,7-8,11-14,17-18,26,34-35H,5-6,9-10H2,1-2H3,(H2,27,29)(H,30,33)(H2,28,36,37). The number of rotatable bonds is 8. The highest BCUT2D eigenvalue weighted by atomic mass is 32.2. The van der Waals surface area contributed by atoms with Crippen LogP contribution in [0.1, 0.15) is 47.4 Å². The van der Waals surface area contributed by atoms with Crippen LogP contribution in [0.5, 0.6) is 5.75 Å². The molecule has 39 heavy (non-hydrogen) atoms. The van der Waals surface area contributed by atoms with Gasteiger partial charge in [0.25, 0.3) is 5.91 Å². The van der Waals surface area contributed by atoms with Gasteiger partial charge in [0.05, 0.1) is 24.5 Å². The molecule has 3 aromatic rings. The molecule has 1 amide bonds. The molecule has 1 aromatic heterocycles. The van der Waals surface area contributed by atoms with Gasteiger partial charge in [0.15, 0.2) is 6.29 Å². The Kier molecular flexibility index (Phi) is 8.35. The topological polar surface area (TPSA) is 195 Å². The molecule has 1 aliphatic rings. The van der Waals surface area contributed by atoms with Gasteiger partial charge in [-0.05, 0) is 75.1 Å². The van der Waals surface area contributed by atoms with Crippen LogP contribution in [0.15, 0.2) is 58.4 Å². The molecule has 0 atom stereocenters. The summed E-state index contributed by atoms with van der Waals surface area (Å²) in [6, 6.07) is 12.7. The number of primary sulfonamides is 1. The molecule has 12 nitrogen and oxygen atoms in total. The smallest absolute Gasteiger partial charge is 0.274 e. The minimum atomic E-state index is -4.15. The van der Waals surface area contributed by atoms with Gasteiger partial charge >= 0.3 is 0 Å². The lowest BCUT2D eigenvalue weighted by Crippen LogP contribution is -2.28. The number of ether oxygens (including phenoxy) is 1. The number of anilines is 1. The lowest BCUT2D eigenvalue weighted by atomic mass is 9.86. The highest BCUT2D eigenvalue weighted by Crippen LogP contribution is 2.29. The molecule has 1 saturated carbocycles. The molecular weight excluding hydrogens is 524 g/mol. The monoisotopic (exact) mass is 556 g/mol. The number of methoxy groups -OCH3 is 1. The van der Waals surface area contributed by atoms with Crippen LogP contribution in [0.4, 0.5) is 5.69 Å². The van der Waals surface area contributed by atoms with E-state index >= 15 is 0 Å². The summed E-state index contributed by atoms with van der Waals surface area (Å²) in [5.74, 6) is 0.0162. The number of aryl methyl sites for hydroxylation is 1. The van der Waals surface area contributed by atoms with E-state index in [1.54, 1.807) is 37.3 Å². The maximum atomic E-state index is 13.2. The maximum absolute atomic E-state index is 13.2. The van der Waals surface area contributed by atoms with Crippen LogP contribution in [-0.4, -0.2) is 59.6 Å². The number of sulfonamides is 1. The summed E-state index contributed by atoms with van der Waals surface area (Å²) in [5, 5.41) is 31.2. The van der Waals surface area contributed by atoms with Gasteiger partial charge in [-0.1, -0.05) is 0 Å². The Morgan fingerprint density at radius 1 is 1.13 bits per heavy atom. The van der Waals surface area contributed by atoms with Crippen molar-refractivity contribution in [2.45, 2.75) is 49.8 Å². The predicted molar refractivity (Wildman–Crippen MR) is 145 cm³/mol. The average molecular weight is 557 g/mol. The van der Waals surface area contributed by atoms with E-state index in [1.165, 1.54) is 30.0 Å². The Balaban J connectivity index is 1.51. The van der Waals surface area contributed by atoms with Crippen LogP contribution in [0.3, 0.4) is 0 Å². The van der Waals surface area contributed by atoms with Crippen LogP contribution >= 0.6 is 0 Å². The molecule has 208 valence electrons. The molecule has 1 heterocycles. The number of aliphatic imine (C=N–C) groups is 1. The molecule has 1 aliphatic carbocycles. The molecule has 0 unspecified atom stereocenters. The van der Waals surface area contributed by atoms with Gasteiger partial charge in [-0.3, -0.25) is 9.79 Å². The minimum Gasteiger partial charge on any atom is -0.497 e. The fraction of sp³-hybridized carbons (Fsp3) is 0.346. The van der Waals surface area contributed by atoms with Crippen molar-refractivity contribution in [1.82, 2.24) is 9.78 Å². The number of aromatic nitrogens is 2. The first-order valence-corrected chi connectivity index (χ1v) is 13.9. The molecule has 13 heteroatoms. The van der Waals surface area contributed by atoms with Gasteiger partial charge in [-0.15, -0.1) is 0 Å². The number of amides is 1. The van der Waals surface area contributed by atoms with E-state index in [9.17, 15) is 23.4 Å². The number of aliphatic hydroxyl groups excluding tert-OH is 1. The van der Waals surface area contributed by atoms with E-state index in [1.807, 2.05) is 0 Å². The van der Waals surface area contributed by atoms with Gasteiger partial charge in [-0.25, -0.2) is 18.2 Å². The number of carbonyl (C=O) groups excluding carboxylic acids is 1. The molecule has 4 rings (SSSR count). The molecule has 0 spiro atoms. The molecule has 0 saturated heterocycles. The fourth-order valence-electron chi connectivity index (χ4n) is 4.59. The Hall–Kier alpha value is -3.78. The van der Waals surface area contributed by atoms with Gasteiger partial charge in [0.1, 0.15) is 22.2 Å². The quantitative estimate of drug-likeness (QED) is 0.157. The third kappa shape index (κ3) is 6.63. The van der Waals surface area contributed by atoms with Crippen LogP contribution in [0.25, 0.3) is 5.69 Å². The highest BCUT2D eigenvalue weighted by molar-refractivity contribution is 7.89. The summed E-state index contributed by atoms with van der Waals surface area (Å²) < 4.78 is 30.9. The first-order valence-electron chi connectivity index (χ1n) is 12.4. The zero-order valence-corrected chi connectivity index (χ0v) is 22.4. The van der Waals surface area contributed by atoms with E-state index in [2.05, 4.69) is 15.4 Å². The summed E-state index contributed by atoms with van der Waals surface area (Å²) >= 11 is 0. The molecule has 2 aromatic carbocycles. The molecule has 0 radical (unpaired) electrons. The molecule has 7 N–H and O–H groups in total. The highest BCUT2D eigenvalue weighted by Gasteiger charge is 2.25. The largest absolute Gasteiger partial charge is 0.497 e. The number of amidine groups is 1. The number of carbonyl (C=O) groups is 1. The second-order valence-corrected chi connectivity index (χ2v) is 11.0. The SMILES string of the molecule is COc1ccc(-n2nc(C)cc2C(=O)Nc2ccc(C(N)=NC3CCC(C(O)O)CC3)cc2)c(S(N)(=O)=O)c1. The number of benzene rings is 2. The fourth-order valence-corrected chi connectivity index (χ4v) is 5.32. The van der Waals surface area contributed by atoms with Crippen LogP contribution in [0, 0.1) is 12.8 Å². The molecule has 0 aliphatic heterocycles. The van der Waals surface area contributed by atoms with Crippen molar-refractivity contribution >= 4 is 27.5 Å². The van der Waals surface area contributed by atoms with Gasteiger partial charge in [0, 0.05) is 23.2 Å².